The molecule has 0 unspecified atom stereocenters. The number of aliphatic hydroxyl groups is 1. The van der Waals surface area contributed by atoms with E-state index in [2.05, 4.69) is 26.0 Å². The molecule has 0 saturated heterocycles. The fourth-order valence-electron chi connectivity index (χ4n) is 4.19. The van der Waals surface area contributed by atoms with Crippen LogP contribution in [0, 0.1) is 0 Å². The number of nitrogens with zero attached hydrogens (tertiary/aromatic N) is 4. The maximum absolute atomic E-state index is 13.5. The van der Waals surface area contributed by atoms with Crippen LogP contribution in [0.25, 0.3) is 10.4 Å². The van der Waals surface area contributed by atoms with Crippen molar-refractivity contribution in [3.8, 4) is 5.75 Å². The first-order chi connectivity index (χ1) is 18.0. The molecule has 10 heteroatoms. The maximum atomic E-state index is 13.5. The Bertz CT molecular complexity index is 1340. The average Bonchev–Trinajstić information content (AvgIpc) is 3.30. The van der Waals surface area contributed by atoms with Gasteiger partial charge in [0, 0.05) is 45.6 Å². The van der Waals surface area contributed by atoms with Crippen LogP contribution in [-0.2, 0) is 20.7 Å². The predicted molar refractivity (Wildman–Crippen MR) is 142 cm³/mol. The number of esters is 1. The molecular formula is C27H25BrN4O5. The summed E-state index contributed by atoms with van der Waals surface area (Å²) in [6.45, 7) is 0.449. The van der Waals surface area contributed by atoms with Gasteiger partial charge in [-0.15, -0.1) is 0 Å². The zero-order valence-corrected chi connectivity index (χ0v) is 21.7. The number of rotatable bonds is 10. The van der Waals surface area contributed by atoms with Gasteiger partial charge in [-0.2, -0.15) is 0 Å². The minimum atomic E-state index is -1.49. The number of halogens is 1. The van der Waals surface area contributed by atoms with E-state index < -0.39 is 17.6 Å². The SMILES string of the molecule is COC(=O)[C@]1(Cc2ccccc2N=[N+]=[N-])N=C(c2ccc(OCCCO)cc2)O[C@@H]1c1ccccc1Br. The van der Waals surface area contributed by atoms with Crippen LogP contribution in [0.4, 0.5) is 5.69 Å². The van der Waals surface area contributed by atoms with E-state index in [0.29, 0.717) is 35.6 Å². The molecule has 1 heterocycles. The van der Waals surface area contributed by atoms with Gasteiger partial charge in [0.05, 0.1) is 13.7 Å². The number of ether oxygens (including phenoxy) is 3. The summed E-state index contributed by atoms with van der Waals surface area (Å²) in [5, 5.41) is 12.8. The molecule has 9 nitrogen and oxygen atoms in total. The highest BCUT2D eigenvalue weighted by molar-refractivity contribution is 9.10. The summed E-state index contributed by atoms with van der Waals surface area (Å²) < 4.78 is 18.1. The van der Waals surface area contributed by atoms with E-state index in [-0.39, 0.29) is 18.9 Å². The quantitative estimate of drug-likeness (QED) is 0.109. The highest BCUT2D eigenvalue weighted by Gasteiger charge is 2.55. The zero-order chi connectivity index (χ0) is 26.3. The topological polar surface area (TPSA) is 126 Å². The molecule has 0 aliphatic carbocycles. The molecule has 0 saturated carbocycles. The number of carbonyl (C=O) groups excluding carboxylic acids is 1. The fourth-order valence-corrected chi connectivity index (χ4v) is 4.69. The van der Waals surface area contributed by atoms with Crippen molar-refractivity contribution in [2.45, 2.75) is 24.5 Å². The third-order valence-corrected chi connectivity index (χ3v) is 6.69. The lowest BCUT2D eigenvalue weighted by molar-refractivity contribution is -0.149. The molecule has 0 bridgehead atoms. The Labute approximate surface area is 222 Å². The predicted octanol–water partition coefficient (Wildman–Crippen LogP) is 5.82. The van der Waals surface area contributed by atoms with Crippen LogP contribution in [0.15, 0.2) is 87.4 Å². The molecular weight excluding hydrogens is 540 g/mol. The van der Waals surface area contributed by atoms with Crippen molar-refractivity contribution >= 4 is 33.5 Å². The van der Waals surface area contributed by atoms with Crippen molar-refractivity contribution in [2.75, 3.05) is 20.3 Å². The van der Waals surface area contributed by atoms with Gasteiger partial charge in [-0.25, -0.2) is 9.79 Å². The zero-order valence-electron chi connectivity index (χ0n) is 20.1. The van der Waals surface area contributed by atoms with Crippen LogP contribution in [0.2, 0.25) is 0 Å². The lowest BCUT2D eigenvalue weighted by Crippen LogP contribution is -2.44. The standard InChI is InChI=1S/C27H25BrN4O5/c1-35-26(34)27(17-19-7-2-5-10-23(19)31-32-29)24(21-8-3-4-9-22(21)28)37-25(30-27)18-11-13-20(14-12-18)36-16-6-15-33/h2-5,7-14,24,33H,6,15-17H2,1H3/t24-,27-/m1/s1. The molecule has 1 aliphatic heterocycles. The van der Waals surface area contributed by atoms with Crippen molar-refractivity contribution in [2.24, 2.45) is 10.1 Å². The molecule has 0 radical (unpaired) electrons. The molecule has 0 spiro atoms. The van der Waals surface area contributed by atoms with Crippen molar-refractivity contribution in [3.05, 3.63) is 104 Å². The number of azide groups is 1. The van der Waals surface area contributed by atoms with E-state index in [9.17, 15) is 4.79 Å². The Morgan fingerprint density at radius 2 is 1.89 bits per heavy atom. The summed E-state index contributed by atoms with van der Waals surface area (Å²) in [6.07, 6.45) is -0.221. The molecule has 0 aromatic heterocycles. The minimum Gasteiger partial charge on any atom is -0.494 e. The van der Waals surface area contributed by atoms with E-state index in [0.717, 1.165) is 10.0 Å². The molecule has 3 aromatic carbocycles. The Kier molecular flexibility index (Phi) is 8.45. The van der Waals surface area contributed by atoms with E-state index in [1.165, 1.54) is 7.11 Å². The van der Waals surface area contributed by atoms with Crippen LogP contribution >= 0.6 is 15.9 Å². The molecule has 1 N–H and O–H groups in total. The molecule has 1 aliphatic rings. The Balaban J connectivity index is 1.81. The summed E-state index contributed by atoms with van der Waals surface area (Å²) in [4.78, 5) is 21.3. The first-order valence-electron chi connectivity index (χ1n) is 11.6. The van der Waals surface area contributed by atoms with Gasteiger partial charge in [0.25, 0.3) is 0 Å². The number of hydrogen-bond acceptors (Lipinski definition) is 7. The molecule has 37 heavy (non-hydrogen) atoms. The van der Waals surface area contributed by atoms with Gasteiger partial charge >= 0.3 is 5.97 Å². The normalized spacial score (nSPS) is 18.4. The molecule has 0 amide bonds. The third kappa shape index (κ3) is 5.61. The van der Waals surface area contributed by atoms with Crippen LogP contribution in [0.1, 0.15) is 29.2 Å². The van der Waals surface area contributed by atoms with Crippen LogP contribution in [0.3, 0.4) is 0 Å². The lowest BCUT2D eigenvalue weighted by atomic mass is 9.82. The Hall–Kier alpha value is -3.85. The van der Waals surface area contributed by atoms with E-state index in [4.69, 9.17) is 29.8 Å². The number of aliphatic hydroxyl groups excluding tert-OH is 1. The fraction of sp³-hybridized carbons (Fsp3) is 0.259. The highest BCUT2D eigenvalue weighted by atomic mass is 79.9. The minimum absolute atomic E-state index is 0.0532. The van der Waals surface area contributed by atoms with Gasteiger partial charge in [0.2, 0.25) is 11.4 Å². The molecule has 4 rings (SSSR count). The van der Waals surface area contributed by atoms with Gasteiger partial charge in [-0.3, -0.25) is 0 Å². The second kappa shape index (κ2) is 11.9. The number of aliphatic imine (C=N–C) groups is 1. The van der Waals surface area contributed by atoms with Crippen LogP contribution in [0.5, 0.6) is 5.75 Å². The lowest BCUT2D eigenvalue weighted by Gasteiger charge is -2.30. The molecule has 2 atom stereocenters. The molecule has 0 fully saturated rings. The largest absolute Gasteiger partial charge is 0.494 e. The van der Waals surface area contributed by atoms with E-state index in [1.54, 1.807) is 48.5 Å². The van der Waals surface area contributed by atoms with Crippen LogP contribution in [-0.4, -0.2) is 42.8 Å². The van der Waals surface area contributed by atoms with Crippen molar-refractivity contribution in [3.63, 3.8) is 0 Å². The number of benzene rings is 3. The smallest absolute Gasteiger partial charge is 0.338 e. The molecule has 3 aromatic rings. The molecule has 190 valence electrons. The summed E-state index contributed by atoms with van der Waals surface area (Å²) >= 11 is 3.59. The second-order valence-electron chi connectivity index (χ2n) is 8.30. The number of carbonyl (C=O) groups is 1. The first-order valence-corrected chi connectivity index (χ1v) is 12.4. The monoisotopic (exact) mass is 564 g/mol. The summed E-state index contributed by atoms with van der Waals surface area (Å²) in [5.41, 5.74) is 9.96. The van der Waals surface area contributed by atoms with E-state index >= 15 is 0 Å². The third-order valence-electron chi connectivity index (χ3n) is 5.97. The summed E-state index contributed by atoms with van der Waals surface area (Å²) in [6, 6.07) is 21.6. The Morgan fingerprint density at radius 3 is 2.59 bits per heavy atom. The van der Waals surface area contributed by atoms with Gasteiger partial charge in [0.15, 0.2) is 6.10 Å². The summed E-state index contributed by atoms with van der Waals surface area (Å²) in [5.74, 6) is 0.331. The van der Waals surface area contributed by atoms with Gasteiger partial charge < -0.3 is 19.3 Å². The maximum Gasteiger partial charge on any atom is 0.338 e. The number of hydrogen-bond donors (Lipinski definition) is 1. The number of methoxy groups -OCH3 is 1. The highest BCUT2D eigenvalue weighted by Crippen LogP contribution is 2.45. The van der Waals surface area contributed by atoms with Crippen molar-refractivity contribution in [1.82, 2.24) is 0 Å². The van der Waals surface area contributed by atoms with Crippen LogP contribution < -0.4 is 4.74 Å². The van der Waals surface area contributed by atoms with Gasteiger partial charge in [0.1, 0.15) is 5.75 Å². The first kappa shape index (κ1) is 26.2. The summed E-state index contributed by atoms with van der Waals surface area (Å²) in [7, 11) is 1.31. The van der Waals surface area contributed by atoms with Crippen molar-refractivity contribution < 1.29 is 24.1 Å². The second-order valence-corrected chi connectivity index (χ2v) is 9.15. The van der Waals surface area contributed by atoms with Crippen molar-refractivity contribution in [1.29, 1.82) is 0 Å². The average molecular weight is 565 g/mol. The van der Waals surface area contributed by atoms with Gasteiger partial charge in [-0.05, 0) is 41.4 Å². The van der Waals surface area contributed by atoms with E-state index in [1.807, 2.05) is 24.3 Å². The Morgan fingerprint density at radius 1 is 1.16 bits per heavy atom. The van der Waals surface area contributed by atoms with Gasteiger partial charge in [-0.1, -0.05) is 63.5 Å².